The van der Waals surface area contributed by atoms with Crippen LogP contribution < -0.4 is 10.5 Å². The van der Waals surface area contributed by atoms with Crippen molar-refractivity contribution in [3.63, 3.8) is 0 Å². The topological polar surface area (TPSA) is 61.5 Å². The van der Waals surface area contributed by atoms with Crippen molar-refractivity contribution in [1.82, 2.24) is 0 Å². The van der Waals surface area contributed by atoms with E-state index in [1.807, 2.05) is 26.0 Å². The van der Waals surface area contributed by atoms with E-state index in [0.29, 0.717) is 17.0 Å². The van der Waals surface area contributed by atoms with Gasteiger partial charge in [-0.1, -0.05) is 29.3 Å². The van der Waals surface area contributed by atoms with Crippen LogP contribution in [0, 0.1) is 13.8 Å². The molecule has 2 aromatic carbocycles. The average Bonchev–Trinajstić information content (AvgIpc) is 2.43. The number of hydrogen-bond acceptors (Lipinski definition) is 4. The summed E-state index contributed by atoms with van der Waals surface area (Å²) in [6.45, 7) is 4.26. The first-order valence-electron chi connectivity index (χ1n) is 6.67. The molecule has 0 aliphatic heterocycles. The zero-order chi connectivity index (χ0) is 15.4. The fraction of sp³-hybridized carbons (Fsp3) is 0.235. The minimum Gasteiger partial charge on any atom is -0.496 e. The lowest BCUT2D eigenvalue weighted by molar-refractivity contribution is 0.0469. The van der Waals surface area contributed by atoms with Gasteiger partial charge in [-0.15, -0.1) is 0 Å². The summed E-state index contributed by atoms with van der Waals surface area (Å²) >= 11 is 0. The Hall–Kier alpha value is -2.49. The summed E-state index contributed by atoms with van der Waals surface area (Å²) in [5.41, 5.74) is 9.84. The first-order chi connectivity index (χ1) is 9.99. The molecule has 0 radical (unpaired) electrons. The number of carbonyl (C=O) groups excluding carboxylic acids is 1. The molecule has 0 amide bonds. The molecule has 0 atom stereocenters. The number of hydrogen-bond donors (Lipinski definition) is 1. The highest BCUT2D eigenvalue weighted by Crippen LogP contribution is 2.22. The highest BCUT2D eigenvalue weighted by Gasteiger charge is 2.14. The Bertz CT molecular complexity index is 645. The molecule has 2 N–H and O–H groups in total. The molecule has 4 nitrogen and oxygen atoms in total. The summed E-state index contributed by atoms with van der Waals surface area (Å²) in [4.78, 5) is 12.1. The third kappa shape index (κ3) is 3.75. The number of anilines is 1. The van der Waals surface area contributed by atoms with E-state index in [9.17, 15) is 4.79 Å². The van der Waals surface area contributed by atoms with E-state index in [0.717, 1.165) is 16.7 Å². The highest BCUT2D eigenvalue weighted by atomic mass is 16.5. The van der Waals surface area contributed by atoms with Crippen LogP contribution in [-0.4, -0.2) is 13.1 Å². The summed E-state index contributed by atoms with van der Waals surface area (Å²) in [6.07, 6.45) is 0. The smallest absolute Gasteiger partial charge is 0.342 e. The second-order valence-corrected chi connectivity index (χ2v) is 5.03. The normalized spacial score (nSPS) is 10.2. The van der Waals surface area contributed by atoms with Gasteiger partial charge in [0.1, 0.15) is 17.9 Å². The summed E-state index contributed by atoms with van der Waals surface area (Å²) < 4.78 is 10.5. The lowest BCUT2D eigenvalue weighted by atomic mass is 10.1. The SMILES string of the molecule is COc1cc(N)ccc1C(=O)OCc1cc(C)cc(C)c1. The molecule has 4 heteroatoms. The number of esters is 1. The fourth-order valence-corrected chi connectivity index (χ4v) is 2.26. The molecular formula is C17H19NO3. The Morgan fingerprint density at radius 3 is 2.38 bits per heavy atom. The zero-order valence-corrected chi connectivity index (χ0v) is 12.5. The van der Waals surface area contributed by atoms with Crippen molar-refractivity contribution >= 4 is 11.7 Å². The van der Waals surface area contributed by atoms with Gasteiger partial charge in [0.25, 0.3) is 0 Å². The number of methoxy groups -OCH3 is 1. The molecule has 2 aromatic rings. The van der Waals surface area contributed by atoms with Crippen LogP contribution in [0.4, 0.5) is 5.69 Å². The first-order valence-corrected chi connectivity index (χ1v) is 6.67. The van der Waals surface area contributed by atoms with Gasteiger partial charge >= 0.3 is 5.97 Å². The monoisotopic (exact) mass is 285 g/mol. The van der Waals surface area contributed by atoms with Crippen molar-refractivity contribution < 1.29 is 14.3 Å². The second kappa shape index (κ2) is 6.31. The van der Waals surface area contributed by atoms with Crippen LogP contribution in [0.5, 0.6) is 5.75 Å². The Labute approximate surface area is 124 Å². The molecule has 21 heavy (non-hydrogen) atoms. The van der Waals surface area contributed by atoms with Crippen LogP contribution in [0.15, 0.2) is 36.4 Å². The van der Waals surface area contributed by atoms with Crippen LogP contribution in [0.2, 0.25) is 0 Å². The molecule has 0 heterocycles. The van der Waals surface area contributed by atoms with E-state index in [1.54, 1.807) is 18.2 Å². The van der Waals surface area contributed by atoms with Gasteiger partial charge in [-0.25, -0.2) is 4.79 Å². The molecule has 0 aliphatic carbocycles. The highest BCUT2D eigenvalue weighted by molar-refractivity contribution is 5.93. The van der Waals surface area contributed by atoms with E-state index in [-0.39, 0.29) is 6.61 Å². The number of ether oxygens (including phenoxy) is 2. The minimum absolute atomic E-state index is 0.231. The molecule has 0 unspecified atom stereocenters. The zero-order valence-electron chi connectivity index (χ0n) is 12.5. The maximum absolute atomic E-state index is 12.1. The van der Waals surface area contributed by atoms with Gasteiger partial charge < -0.3 is 15.2 Å². The van der Waals surface area contributed by atoms with Crippen molar-refractivity contribution in [1.29, 1.82) is 0 Å². The van der Waals surface area contributed by atoms with Crippen LogP contribution in [-0.2, 0) is 11.3 Å². The average molecular weight is 285 g/mol. The summed E-state index contributed by atoms with van der Waals surface area (Å²) in [5, 5.41) is 0. The Morgan fingerprint density at radius 1 is 1.10 bits per heavy atom. The number of nitrogens with two attached hydrogens (primary N) is 1. The van der Waals surface area contributed by atoms with Gasteiger partial charge in [-0.2, -0.15) is 0 Å². The molecule has 0 saturated heterocycles. The number of benzene rings is 2. The number of nitrogen functional groups attached to an aromatic ring is 1. The Morgan fingerprint density at radius 2 is 1.76 bits per heavy atom. The molecule has 0 spiro atoms. The van der Waals surface area contributed by atoms with Gasteiger partial charge in [-0.3, -0.25) is 0 Å². The van der Waals surface area contributed by atoms with E-state index >= 15 is 0 Å². The van der Waals surface area contributed by atoms with Gasteiger partial charge in [0.2, 0.25) is 0 Å². The molecule has 0 fully saturated rings. The molecule has 0 bridgehead atoms. The van der Waals surface area contributed by atoms with Crippen LogP contribution in [0.3, 0.4) is 0 Å². The van der Waals surface area contributed by atoms with Gasteiger partial charge in [0, 0.05) is 11.8 Å². The van der Waals surface area contributed by atoms with Gasteiger partial charge in [0.05, 0.1) is 7.11 Å². The quantitative estimate of drug-likeness (QED) is 0.692. The molecular weight excluding hydrogens is 266 g/mol. The van der Waals surface area contributed by atoms with Crippen LogP contribution in [0.25, 0.3) is 0 Å². The largest absolute Gasteiger partial charge is 0.496 e. The van der Waals surface area contributed by atoms with Crippen molar-refractivity contribution in [3.05, 3.63) is 58.7 Å². The predicted molar refractivity (Wildman–Crippen MR) is 82.4 cm³/mol. The number of aryl methyl sites for hydroxylation is 2. The van der Waals surface area contributed by atoms with E-state index < -0.39 is 5.97 Å². The van der Waals surface area contributed by atoms with E-state index in [2.05, 4.69) is 6.07 Å². The molecule has 2 rings (SSSR count). The summed E-state index contributed by atoms with van der Waals surface area (Å²) in [6, 6.07) is 10.9. The van der Waals surface area contributed by atoms with Gasteiger partial charge in [0.15, 0.2) is 0 Å². The lowest BCUT2D eigenvalue weighted by Crippen LogP contribution is -2.08. The molecule has 110 valence electrons. The second-order valence-electron chi connectivity index (χ2n) is 5.03. The Kier molecular flexibility index (Phi) is 4.48. The summed E-state index contributed by atoms with van der Waals surface area (Å²) in [5.74, 6) is -0.00793. The van der Waals surface area contributed by atoms with Crippen molar-refractivity contribution in [2.75, 3.05) is 12.8 Å². The first kappa shape index (κ1) is 14.9. The third-order valence-electron chi connectivity index (χ3n) is 3.10. The van der Waals surface area contributed by atoms with E-state index in [1.165, 1.54) is 7.11 Å². The number of carbonyl (C=O) groups is 1. The lowest BCUT2D eigenvalue weighted by Gasteiger charge is -2.10. The van der Waals surface area contributed by atoms with Gasteiger partial charge in [-0.05, 0) is 31.5 Å². The van der Waals surface area contributed by atoms with Crippen molar-refractivity contribution in [2.24, 2.45) is 0 Å². The molecule has 0 saturated carbocycles. The summed E-state index contributed by atoms with van der Waals surface area (Å²) in [7, 11) is 1.50. The fourth-order valence-electron chi connectivity index (χ4n) is 2.26. The van der Waals surface area contributed by atoms with E-state index in [4.69, 9.17) is 15.2 Å². The third-order valence-corrected chi connectivity index (χ3v) is 3.10. The maximum Gasteiger partial charge on any atom is 0.342 e. The van der Waals surface area contributed by atoms with Crippen molar-refractivity contribution in [2.45, 2.75) is 20.5 Å². The predicted octanol–water partition coefficient (Wildman–Crippen LogP) is 3.25. The number of rotatable bonds is 4. The maximum atomic E-state index is 12.1. The molecule has 0 aliphatic rings. The Balaban J connectivity index is 2.11. The van der Waals surface area contributed by atoms with Crippen molar-refractivity contribution in [3.8, 4) is 5.75 Å². The minimum atomic E-state index is -0.425. The molecule has 0 aromatic heterocycles. The standard InChI is InChI=1S/C17H19NO3/c1-11-6-12(2)8-13(7-11)10-21-17(19)15-5-4-14(18)9-16(15)20-3/h4-9H,10,18H2,1-3H3. The van der Waals surface area contributed by atoms with Crippen LogP contribution >= 0.6 is 0 Å². The van der Waals surface area contributed by atoms with Crippen LogP contribution in [0.1, 0.15) is 27.0 Å².